The molecule has 1 aliphatic rings. The zero-order valence-corrected chi connectivity index (χ0v) is 19.4. The van der Waals surface area contributed by atoms with Crippen molar-refractivity contribution in [1.82, 2.24) is 15.0 Å². The molecule has 0 atom stereocenters. The summed E-state index contributed by atoms with van der Waals surface area (Å²) >= 11 is 0. The molecular formula is C26H28FN3O4. The highest BCUT2D eigenvalue weighted by atomic mass is 19.1. The Labute approximate surface area is 198 Å². The summed E-state index contributed by atoms with van der Waals surface area (Å²) < 4.78 is 25.0. The van der Waals surface area contributed by atoms with Crippen molar-refractivity contribution in [2.75, 3.05) is 26.2 Å². The number of benzene rings is 2. The van der Waals surface area contributed by atoms with Crippen molar-refractivity contribution in [3.63, 3.8) is 0 Å². The highest BCUT2D eigenvalue weighted by Gasteiger charge is 2.24. The fraction of sp³-hybridized carbons (Fsp3) is 0.346. The normalized spacial score (nSPS) is 14.1. The van der Waals surface area contributed by atoms with Gasteiger partial charge in [0.05, 0.1) is 23.2 Å². The second-order valence-corrected chi connectivity index (χ2v) is 8.42. The van der Waals surface area contributed by atoms with Gasteiger partial charge in [-0.15, -0.1) is 0 Å². The number of amides is 2. The molecule has 2 heterocycles. The standard InChI is InChI=1S/C26H28FN3O4/c1-18-23(19(2)34-28-18)17-33-21-10-8-20(9-11-21)16-25(31)29-12-5-13-30(15-14-29)26(32)22-6-3-4-7-24(22)27/h3-4,6-11H,5,12-17H2,1-2H3. The average molecular weight is 466 g/mol. The Morgan fingerprint density at radius 1 is 1.00 bits per heavy atom. The van der Waals surface area contributed by atoms with Crippen LogP contribution in [0.1, 0.15) is 39.4 Å². The van der Waals surface area contributed by atoms with E-state index in [0.29, 0.717) is 45.0 Å². The van der Waals surface area contributed by atoms with Crippen LogP contribution in [-0.2, 0) is 17.8 Å². The first kappa shape index (κ1) is 23.5. The van der Waals surface area contributed by atoms with Crippen LogP contribution in [0.4, 0.5) is 4.39 Å². The van der Waals surface area contributed by atoms with Crippen molar-refractivity contribution in [3.05, 3.63) is 82.5 Å². The molecule has 0 aliphatic carbocycles. The number of rotatable bonds is 6. The highest BCUT2D eigenvalue weighted by molar-refractivity contribution is 5.94. The van der Waals surface area contributed by atoms with Crippen LogP contribution in [0, 0.1) is 19.7 Å². The van der Waals surface area contributed by atoms with E-state index in [-0.39, 0.29) is 23.8 Å². The van der Waals surface area contributed by atoms with Crippen LogP contribution in [0.15, 0.2) is 53.1 Å². The summed E-state index contributed by atoms with van der Waals surface area (Å²) in [5, 5.41) is 3.92. The molecule has 178 valence electrons. The first-order chi connectivity index (χ1) is 16.4. The third kappa shape index (κ3) is 5.44. The van der Waals surface area contributed by atoms with E-state index in [1.807, 2.05) is 38.1 Å². The molecule has 7 nitrogen and oxygen atoms in total. The predicted molar refractivity (Wildman–Crippen MR) is 124 cm³/mol. The van der Waals surface area contributed by atoms with E-state index >= 15 is 0 Å². The van der Waals surface area contributed by atoms with E-state index in [1.54, 1.807) is 21.9 Å². The Morgan fingerprint density at radius 3 is 2.41 bits per heavy atom. The second kappa shape index (κ2) is 10.5. The summed E-state index contributed by atoms with van der Waals surface area (Å²) in [5.41, 5.74) is 2.70. The number of halogens is 1. The van der Waals surface area contributed by atoms with Gasteiger partial charge in [0, 0.05) is 26.2 Å². The van der Waals surface area contributed by atoms with Crippen molar-refractivity contribution in [2.24, 2.45) is 0 Å². The summed E-state index contributed by atoms with van der Waals surface area (Å²) in [6.45, 7) is 5.97. The summed E-state index contributed by atoms with van der Waals surface area (Å²) in [4.78, 5) is 29.0. The maximum Gasteiger partial charge on any atom is 0.256 e. The molecule has 34 heavy (non-hydrogen) atoms. The largest absolute Gasteiger partial charge is 0.489 e. The summed E-state index contributed by atoms with van der Waals surface area (Å²) in [7, 11) is 0. The molecule has 2 amide bonds. The SMILES string of the molecule is Cc1noc(C)c1COc1ccc(CC(=O)N2CCCN(C(=O)c3ccccc3F)CC2)cc1. The van der Waals surface area contributed by atoms with Gasteiger partial charge in [-0.1, -0.05) is 29.4 Å². The number of aryl methyl sites for hydroxylation is 2. The molecule has 2 aromatic carbocycles. The quantitative estimate of drug-likeness (QED) is 0.552. The highest BCUT2D eigenvalue weighted by Crippen LogP contribution is 2.19. The lowest BCUT2D eigenvalue weighted by Gasteiger charge is -2.22. The van der Waals surface area contributed by atoms with Gasteiger partial charge in [0.2, 0.25) is 5.91 Å². The molecule has 0 N–H and O–H groups in total. The Morgan fingerprint density at radius 2 is 1.71 bits per heavy atom. The molecule has 0 bridgehead atoms. The Bertz CT molecular complexity index is 1140. The van der Waals surface area contributed by atoms with E-state index in [9.17, 15) is 14.0 Å². The molecule has 0 radical (unpaired) electrons. The third-order valence-electron chi connectivity index (χ3n) is 6.08. The van der Waals surface area contributed by atoms with E-state index < -0.39 is 5.82 Å². The zero-order chi connectivity index (χ0) is 24.1. The number of hydrogen-bond acceptors (Lipinski definition) is 5. The van der Waals surface area contributed by atoms with Crippen LogP contribution in [-0.4, -0.2) is 52.9 Å². The molecule has 1 saturated heterocycles. The van der Waals surface area contributed by atoms with Gasteiger partial charge in [0.15, 0.2) is 0 Å². The van der Waals surface area contributed by atoms with Crippen molar-refractivity contribution in [3.8, 4) is 5.75 Å². The maximum atomic E-state index is 14.0. The Balaban J connectivity index is 1.29. The van der Waals surface area contributed by atoms with Gasteiger partial charge in [0.25, 0.3) is 5.91 Å². The molecule has 4 rings (SSSR count). The smallest absolute Gasteiger partial charge is 0.256 e. The molecule has 1 fully saturated rings. The van der Waals surface area contributed by atoms with E-state index in [1.165, 1.54) is 12.1 Å². The lowest BCUT2D eigenvalue weighted by molar-refractivity contribution is -0.130. The lowest BCUT2D eigenvalue weighted by atomic mass is 10.1. The second-order valence-electron chi connectivity index (χ2n) is 8.42. The first-order valence-corrected chi connectivity index (χ1v) is 11.4. The fourth-order valence-electron chi connectivity index (χ4n) is 4.03. The molecule has 3 aromatic rings. The minimum atomic E-state index is -0.524. The number of carbonyl (C=O) groups excluding carboxylic acids is 2. The third-order valence-corrected chi connectivity index (χ3v) is 6.08. The number of ether oxygens (including phenoxy) is 1. The van der Waals surface area contributed by atoms with E-state index in [0.717, 1.165) is 22.6 Å². The molecule has 0 unspecified atom stereocenters. The van der Waals surface area contributed by atoms with Crippen LogP contribution in [0.2, 0.25) is 0 Å². The van der Waals surface area contributed by atoms with E-state index in [2.05, 4.69) is 5.16 Å². The number of aromatic nitrogens is 1. The first-order valence-electron chi connectivity index (χ1n) is 11.4. The van der Waals surface area contributed by atoms with Gasteiger partial charge in [-0.3, -0.25) is 9.59 Å². The monoisotopic (exact) mass is 465 g/mol. The van der Waals surface area contributed by atoms with Gasteiger partial charge < -0.3 is 19.1 Å². The number of hydrogen-bond donors (Lipinski definition) is 0. The number of carbonyl (C=O) groups is 2. The molecule has 0 saturated carbocycles. The Kier molecular flexibility index (Phi) is 7.25. The number of nitrogens with zero attached hydrogens (tertiary/aromatic N) is 3. The van der Waals surface area contributed by atoms with Crippen molar-refractivity contribution in [2.45, 2.75) is 33.3 Å². The van der Waals surface area contributed by atoms with Crippen molar-refractivity contribution in [1.29, 1.82) is 0 Å². The van der Waals surface area contributed by atoms with Gasteiger partial charge in [-0.2, -0.15) is 0 Å². The van der Waals surface area contributed by atoms with Crippen LogP contribution < -0.4 is 4.74 Å². The fourth-order valence-corrected chi connectivity index (χ4v) is 4.03. The lowest BCUT2D eigenvalue weighted by Crippen LogP contribution is -2.38. The topological polar surface area (TPSA) is 75.9 Å². The van der Waals surface area contributed by atoms with Crippen LogP contribution >= 0.6 is 0 Å². The molecule has 1 aliphatic heterocycles. The van der Waals surface area contributed by atoms with Gasteiger partial charge in [0.1, 0.15) is 23.9 Å². The van der Waals surface area contributed by atoms with Crippen LogP contribution in [0.3, 0.4) is 0 Å². The Hall–Kier alpha value is -3.68. The molecule has 0 spiro atoms. The van der Waals surface area contributed by atoms with Crippen molar-refractivity contribution >= 4 is 11.8 Å². The zero-order valence-electron chi connectivity index (χ0n) is 19.4. The molecular weight excluding hydrogens is 437 g/mol. The van der Waals surface area contributed by atoms with Crippen LogP contribution in [0.25, 0.3) is 0 Å². The summed E-state index contributed by atoms with van der Waals surface area (Å²) in [6, 6.07) is 13.4. The molecule has 8 heteroatoms. The van der Waals surface area contributed by atoms with Gasteiger partial charge in [-0.25, -0.2) is 4.39 Å². The van der Waals surface area contributed by atoms with Crippen LogP contribution in [0.5, 0.6) is 5.75 Å². The molecule has 1 aromatic heterocycles. The minimum Gasteiger partial charge on any atom is -0.489 e. The van der Waals surface area contributed by atoms with Gasteiger partial charge in [-0.05, 0) is 50.1 Å². The maximum absolute atomic E-state index is 14.0. The van der Waals surface area contributed by atoms with Gasteiger partial charge >= 0.3 is 0 Å². The summed E-state index contributed by atoms with van der Waals surface area (Å²) in [6.07, 6.45) is 0.922. The predicted octanol–water partition coefficient (Wildman–Crippen LogP) is 3.93. The average Bonchev–Trinajstić information content (AvgIpc) is 3.02. The van der Waals surface area contributed by atoms with E-state index in [4.69, 9.17) is 9.26 Å². The summed E-state index contributed by atoms with van der Waals surface area (Å²) in [5.74, 6) is 0.590. The van der Waals surface area contributed by atoms with Crippen molar-refractivity contribution < 1.29 is 23.2 Å². The minimum absolute atomic E-state index is 0.00424.